The second-order valence-electron chi connectivity index (χ2n) is 5.00. The van der Waals surface area contributed by atoms with Crippen LogP contribution in [0.25, 0.3) is 0 Å². The number of methoxy groups -OCH3 is 1. The zero-order valence-electron chi connectivity index (χ0n) is 12.5. The predicted molar refractivity (Wildman–Crippen MR) is 87.1 cm³/mol. The van der Waals surface area contributed by atoms with Gasteiger partial charge in [-0.3, -0.25) is 4.79 Å². The third-order valence-electron chi connectivity index (χ3n) is 3.31. The average molecular weight is 330 g/mol. The molecular formula is C13H29Cl2N3O2. The number of ether oxygens (including phenoxy) is 1. The predicted octanol–water partition coefficient (Wildman–Crippen LogP) is 1.06. The number of halogens is 2. The van der Waals surface area contributed by atoms with E-state index >= 15 is 0 Å². The molecule has 0 saturated carbocycles. The average Bonchev–Trinajstić information content (AvgIpc) is 2.85. The summed E-state index contributed by atoms with van der Waals surface area (Å²) < 4.78 is 5.01. The smallest absolute Gasteiger partial charge is 0.221 e. The lowest BCUT2D eigenvalue weighted by molar-refractivity contribution is -0.121. The summed E-state index contributed by atoms with van der Waals surface area (Å²) in [5.74, 6) is 0.175. The van der Waals surface area contributed by atoms with Crippen LogP contribution in [0, 0.1) is 0 Å². The summed E-state index contributed by atoms with van der Waals surface area (Å²) in [6, 6.07) is 0.398. The number of likely N-dealkylation sites (N-methyl/N-ethyl adjacent to an activating group) is 1. The molecular weight excluding hydrogens is 301 g/mol. The Hall–Kier alpha value is -0.0700. The first kappa shape index (κ1) is 22.2. The Morgan fingerprint density at radius 3 is 2.75 bits per heavy atom. The van der Waals surface area contributed by atoms with Crippen molar-refractivity contribution in [3.63, 3.8) is 0 Å². The van der Waals surface area contributed by atoms with E-state index in [9.17, 15) is 4.79 Å². The van der Waals surface area contributed by atoms with Crippen LogP contribution in [-0.2, 0) is 9.53 Å². The largest absolute Gasteiger partial charge is 0.383 e. The fourth-order valence-electron chi connectivity index (χ4n) is 2.16. The number of hydrogen-bond acceptors (Lipinski definition) is 4. The molecule has 1 rings (SSSR count). The Kier molecular flexibility index (Phi) is 15.4. The zero-order valence-corrected chi connectivity index (χ0v) is 14.2. The quantitative estimate of drug-likeness (QED) is 0.621. The monoisotopic (exact) mass is 329 g/mol. The van der Waals surface area contributed by atoms with Crippen molar-refractivity contribution in [3.05, 3.63) is 0 Å². The number of rotatable bonds is 9. The van der Waals surface area contributed by atoms with Gasteiger partial charge in [0.25, 0.3) is 0 Å². The molecule has 1 aliphatic rings. The minimum Gasteiger partial charge on any atom is -0.383 e. The van der Waals surface area contributed by atoms with Crippen LogP contribution in [0.2, 0.25) is 0 Å². The fourth-order valence-corrected chi connectivity index (χ4v) is 2.16. The number of carbonyl (C=O) groups excluding carboxylic acids is 1. The van der Waals surface area contributed by atoms with Gasteiger partial charge in [-0.05, 0) is 39.4 Å². The number of nitrogens with one attached hydrogen (secondary N) is 2. The highest BCUT2D eigenvalue weighted by Gasteiger charge is 2.16. The standard InChI is InChI=1S/C13H27N3O2.2ClH/c1-16(9-10-18-2)8-4-7-15-13(17)11-12-5-3-6-14-12;;/h12,14H,3-11H2,1-2H3,(H,15,17);2*1H. The molecule has 1 aliphatic heterocycles. The van der Waals surface area contributed by atoms with Gasteiger partial charge in [0, 0.05) is 32.7 Å². The molecule has 122 valence electrons. The molecule has 0 radical (unpaired) electrons. The van der Waals surface area contributed by atoms with Crippen LogP contribution in [0.1, 0.15) is 25.7 Å². The number of nitrogens with zero attached hydrogens (tertiary/aromatic N) is 1. The lowest BCUT2D eigenvalue weighted by Gasteiger charge is -2.16. The van der Waals surface area contributed by atoms with Crippen LogP contribution in [0.4, 0.5) is 0 Å². The van der Waals surface area contributed by atoms with Crippen LogP contribution >= 0.6 is 24.8 Å². The molecule has 0 aromatic carbocycles. The Morgan fingerprint density at radius 2 is 2.15 bits per heavy atom. The first-order valence-electron chi connectivity index (χ1n) is 6.90. The first-order valence-corrected chi connectivity index (χ1v) is 6.90. The molecule has 0 spiro atoms. The third kappa shape index (κ3) is 10.7. The van der Waals surface area contributed by atoms with E-state index in [2.05, 4.69) is 22.6 Å². The number of carbonyl (C=O) groups is 1. The molecule has 5 nitrogen and oxygen atoms in total. The highest BCUT2D eigenvalue weighted by molar-refractivity contribution is 5.85. The lowest BCUT2D eigenvalue weighted by Crippen LogP contribution is -2.33. The minimum absolute atomic E-state index is 0. The second kappa shape index (κ2) is 13.9. The van der Waals surface area contributed by atoms with Gasteiger partial charge in [0.1, 0.15) is 0 Å². The fraction of sp³-hybridized carbons (Fsp3) is 0.923. The Bertz CT molecular complexity index is 240. The highest BCUT2D eigenvalue weighted by Crippen LogP contribution is 2.07. The minimum atomic E-state index is 0. The molecule has 1 unspecified atom stereocenters. The van der Waals surface area contributed by atoms with Crippen molar-refractivity contribution in [3.8, 4) is 0 Å². The summed E-state index contributed by atoms with van der Waals surface area (Å²) in [6.45, 7) is 4.52. The summed E-state index contributed by atoms with van der Waals surface area (Å²) in [5.41, 5.74) is 0. The van der Waals surface area contributed by atoms with Crippen molar-refractivity contribution in [2.45, 2.75) is 31.7 Å². The molecule has 0 bridgehead atoms. The van der Waals surface area contributed by atoms with E-state index in [1.54, 1.807) is 7.11 Å². The van der Waals surface area contributed by atoms with E-state index in [1.807, 2.05) is 0 Å². The lowest BCUT2D eigenvalue weighted by atomic mass is 10.1. The second-order valence-corrected chi connectivity index (χ2v) is 5.00. The van der Waals surface area contributed by atoms with E-state index in [0.29, 0.717) is 12.5 Å². The normalized spacial score (nSPS) is 17.4. The van der Waals surface area contributed by atoms with Crippen molar-refractivity contribution in [2.24, 2.45) is 0 Å². The molecule has 7 heteroatoms. The van der Waals surface area contributed by atoms with E-state index in [4.69, 9.17) is 4.74 Å². The van der Waals surface area contributed by atoms with Crippen molar-refractivity contribution in [1.82, 2.24) is 15.5 Å². The van der Waals surface area contributed by atoms with Crippen LogP contribution in [-0.4, -0.2) is 63.8 Å². The zero-order chi connectivity index (χ0) is 13.2. The van der Waals surface area contributed by atoms with Gasteiger partial charge < -0.3 is 20.3 Å². The number of hydrogen-bond donors (Lipinski definition) is 2. The summed E-state index contributed by atoms with van der Waals surface area (Å²) in [6.07, 6.45) is 3.94. The van der Waals surface area contributed by atoms with Gasteiger partial charge in [0.2, 0.25) is 5.91 Å². The summed E-state index contributed by atoms with van der Waals surface area (Å²) >= 11 is 0. The van der Waals surface area contributed by atoms with Crippen LogP contribution < -0.4 is 10.6 Å². The van der Waals surface area contributed by atoms with Crippen molar-refractivity contribution in [1.29, 1.82) is 0 Å². The molecule has 1 heterocycles. The molecule has 1 atom stereocenters. The maximum atomic E-state index is 11.6. The number of amides is 1. The summed E-state index contributed by atoms with van der Waals surface area (Å²) in [4.78, 5) is 13.8. The van der Waals surface area contributed by atoms with Crippen LogP contribution in [0.5, 0.6) is 0 Å². The molecule has 0 aliphatic carbocycles. The third-order valence-corrected chi connectivity index (χ3v) is 3.31. The van der Waals surface area contributed by atoms with Gasteiger partial charge in [-0.25, -0.2) is 0 Å². The van der Waals surface area contributed by atoms with Gasteiger partial charge in [-0.15, -0.1) is 24.8 Å². The van der Waals surface area contributed by atoms with E-state index in [1.165, 1.54) is 6.42 Å². The van der Waals surface area contributed by atoms with Gasteiger partial charge in [-0.2, -0.15) is 0 Å². The molecule has 0 aromatic heterocycles. The summed E-state index contributed by atoms with van der Waals surface area (Å²) in [7, 11) is 3.79. The molecule has 1 saturated heterocycles. The maximum Gasteiger partial charge on any atom is 0.221 e. The Balaban J connectivity index is 0. The molecule has 0 aromatic rings. The van der Waals surface area contributed by atoms with Gasteiger partial charge in [0.05, 0.1) is 6.61 Å². The molecule has 1 fully saturated rings. The topological polar surface area (TPSA) is 53.6 Å². The van der Waals surface area contributed by atoms with Crippen molar-refractivity contribution >= 4 is 30.7 Å². The Morgan fingerprint density at radius 1 is 1.40 bits per heavy atom. The SMILES string of the molecule is COCCN(C)CCCNC(=O)CC1CCCN1.Cl.Cl. The van der Waals surface area contributed by atoms with Gasteiger partial charge in [0.15, 0.2) is 0 Å². The van der Waals surface area contributed by atoms with E-state index in [-0.39, 0.29) is 30.7 Å². The molecule has 1 amide bonds. The summed E-state index contributed by atoms with van der Waals surface area (Å²) in [5, 5.41) is 6.32. The van der Waals surface area contributed by atoms with Crippen molar-refractivity contribution < 1.29 is 9.53 Å². The van der Waals surface area contributed by atoms with E-state index < -0.39 is 0 Å². The Labute approximate surface area is 135 Å². The highest BCUT2D eigenvalue weighted by atomic mass is 35.5. The maximum absolute atomic E-state index is 11.6. The molecule has 2 N–H and O–H groups in total. The molecule has 20 heavy (non-hydrogen) atoms. The first-order chi connectivity index (χ1) is 8.72. The van der Waals surface area contributed by atoms with Gasteiger partial charge in [-0.1, -0.05) is 0 Å². The van der Waals surface area contributed by atoms with Crippen molar-refractivity contribution in [2.75, 3.05) is 46.9 Å². The van der Waals surface area contributed by atoms with E-state index in [0.717, 1.165) is 45.6 Å². The van der Waals surface area contributed by atoms with Crippen LogP contribution in [0.15, 0.2) is 0 Å². The van der Waals surface area contributed by atoms with Gasteiger partial charge >= 0.3 is 0 Å². The van der Waals surface area contributed by atoms with Crippen LogP contribution in [0.3, 0.4) is 0 Å².